The van der Waals surface area contributed by atoms with Crippen LogP contribution in [0.5, 0.6) is 0 Å². The Morgan fingerprint density at radius 1 is 1.02 bits per heavy atom. The maximum absolute atomic E-state index is 13.6. The second-order valence-electron chi connectivity index (χ2n) is 9.83. The molecule has 1 aliphatic heterocycles. The summed E-state index contributed by atoms with van der Waals surface area (Å²) in [5.74, 6) is 1.69. The topological polar surface area (TPSA) is 106 Å². The molecule has 0 spiro atoms. The number of hydrogen-bond donors (Lipinski definition) is 3. The number of aromatic nitrogens is 4. The van der Waals surface area contributed by atoms with Crippen molar-refractivity contribution in [2.45, 2.75) is 38.4 Å². The van der Waals surface area contributed by atoms with Crippen molar-refractivity contribution in [3.05, 3.63) is 93.4 Å². The lowest BCUT2D eigenvalue weighted by atomic mass is 9.92. The van der Waals surface area contributed by atoms with Gasteiger partial charge in [-0.3, -0.25) is 9.36 Å². The molecule has 1 aliphatic rings. The number of halogens is 3. The van der Waals surface area contributed by atoms with Crippen LogP contribution in [0.2, 0.25) is 15.1 Å². The molecule has 41 heavy (non-hydrogen) atoms. The number of ether oxygens (including phenoxy) is 1. The first kappa shape index (κ1) is 29.1. The van der Waals surface area contributed by atoms with Crippen LogP contribution in [-0.2, 0) is 22.6 Å². The van der Waals surface area contributed by atoms with Crippen LogP contribution >= 0.6 is 34.8 Å². The standard InChI is InChI=1S/C29H30Cl3N7O2/c30-22-3-1-2-20(12-22)16-35-29-37-26(15-27(38-29)39-9-8-33-18-39)36-25(13-19-6-10-41-11-7-19)28(40)34-17-21-4-5-23(31)14-24(21)32/h1-5,8-9,12,14-15,18-19,25H,6-7,10-11,13,16-17H2,(H,34,40)(H2,35,36,37,38)/t25-/m0/s1. The van der Waals surface area contributed by atoms with Crippen molar-refractivity contribution in [1.82, 2.24) is 24.8 Å². The van der Waals surface area contributed by atoms with Gasteiger partial charge in [-0.25, -0.2) is 4.98 Å². The van der Waals surface area contributed by atoms with E-state index in [-0.39, 0.29) is 12.5 Å². The first-order valence-corrected chi connectivity index (χ1v) is 14.5. The molecule has 1 atom stereocenters. The normalized spacial score (nSPS) is 14.4. The van der Waals surface area contributed by atoms with Crippen molar-refractivity contribution >= 4 is 52.5 Å². The highest BCUT2D eigenvalue weighted by Crippen LogP contribution is 2.24. The molecule has 3 heterocycles. The quantitative estimate of drug-likeness (QED) is 0.186. The van der Waals surface area contributed by atoms with E-state index in [4.69, 9.17) is 44.5 Å². The molecule has 9 nitrogen and oxygen atoms in total. The third-order valence-electron chi connectivity index (χ3n) is 6.84. The number of rotatable bonds is 11. The molecule has 1 saturated heterocycles. The van der Waals surface area contributed by atoms with Gasteiger partial charge >= 0.3 is 0 Å². The smallest absolute Gasteiger partial charge is 0.242 e. The van der Waals surface area contributed by atoms with Gasteiger partial charge in [-0.2, -0.15) is 9.97 Å². The zero-order chi connectivity index (χ0) is 28.6. The summed E-state index contributed by atoms with van der Waals surface area (Å²) >= 11 is 18.5. The largest absolute Gasteiger partial charge is 0.381 e. The summed E-state index contributed by atoms with van der Waals surface area (Å²) in [4.78, 5) is 27.1. The predicted octanol–water partition coefficient (Wildman–Crippen LogP) is 6.15. The lowest BCUT2D eigenvalue weighted by molar-refractivity contribution is -0.122. The van der Waals surface area contributed by atoms with Gasteiger partial charge in [0.1, 0.15) is 24.0 Å². The number of nitrogens with one attached hydrogen (secondary N) is 3. The van der Waals surface area contributed by atoms with Crippen molar-refractivity contribution in [3.8, 4) is 5.82 Å². The molecule has 0 saturated carbocycles. The van der Waals surface area contributed by atoms with Crippen LogP contribution in [0.1, 0.15) is 30.4 Å². The molecule has 2 aromatic heterocycles. The van der Waals surface area contributed by atoms with E-state index >= 15 is 0 Å². The molecule has 4 aromatic rings. The highest BCUT2D eigenvalue weighted by Gasteiger charge is 2.25. The minimum Gasteiger partial charge on any atom is -0.381 e. The zero-order valence-corrected chi connectivity index (χ0v) is 24.5. The van der Waals surface area contributed by atoms with E-state index in [2.05, 4.69) is 25.9 Å². The molecule has 2 aromatic carbocycles. The number of nitrogens with zero attached hydrogens (tertiary/aromatic N) is 4. The van der Waals surface area contributed by atoms with Crippen LogP contribution in [0, 0.1) is 5.92 Å². The monoisotopic (exact) mass is 613 g/mol. The lowest BCUT2D eigenvalue weighted by Gasteiger charge is -2.27. The number of anilines is 2. The Morgan fingerprint density at radius 2 is 1.85 bits per heavy atom. The average Bonchev–Trinajstić information content (AvgIpc) is 3.51. The summed E-state index contributed by atoms with van der Waals surface area (Å²) in [6, 6.07) is 14.1. The van der Waals surface area contributed by atoms with E-state index in [1.807, 2.05) is 30.3 Å². The van der Waals surface area contributed by atoms with E-state index in [9.17, 15) is 4.79 Å². The third-order valence-corrected chi connectivity index (χ3v) is 7.66. The fourth-order valence-corrected chi connectivity index (χ4v) is 5.33. The first-order valence-electron chi connectivity index (χ1n) is 13.3. The van der Waals surface area contributed by atoms with Gasteiger partial charge in [0, 0.05) is 59.8 Å². The first-order chi connectivity index (χ1) is 19.9. The van der Waals surface area contributed by atoms with E-state index < -0.39 is 6.04 Å². The Morgan fingerprint density at radius 3 is 2.61 bits per heavy atom. The maximum Gasteiger partial charge on any atom is 0.242 e. The molecule has 5 rings (SSSR count). The summed E-state index contributed by atoms with van der Waals surface area (Å²) in [6.07, 6.45) is 7.55. The van der Waals surface area contributed by atoms with Crippen molar-refractivity contribution in [2.75, 3.05) is 23.8 Å². The van der Waals surface area contributed by atoms with Gasteiger partial charge in [-0.1, -0.05) is 53.0 Å². The highest BCUT2D eigenvalue weighted by atomic mass is 35.5. The Kier molecular flexibility index (Phi) is 9.95. The van der Waals surface area contributed by atoms with Crippen LogP contribution in [0.25, 0.3) is 5.82 Å². The van der Waals surface area contributed by atoms with Gasteiger partial charge in [0.2, 0.25) is 11.9 Å². The van der Waals surface area contributed by atoms with E-state index in [1.54, 1.807) is 41.5 Å². The maximum atomic E-state index is 13.6. The molecular formula is C29H30Cl3N7O2. The Labute approximate surface area is 253 Å². The molecule has 1 amide bonds. The van der Waals surface area contributed by atoms with Crippen LogP contribution in [0.4, 0.5) is 11.8 Å². The summed E-state index contributed by atoms with van der Waals surface area (Å²) in [5.41, 5.74) is 1.77. The number of carbonyl (C=O) groups is 1. The molecule has 0 radical (unpaired) electrons. The van der Waals surface area contributed by atoms with Gasteiger partial charge in [-0.15, -0.1) is 0 Å². The molecular weight excluding hydrogens is 585 g/mol. The SMILES string of the molecule is O=C(NCc1ccc(Cl)cc1Cl)[C@H](CC1CCOCC1)Nc1cc(-n2ccnc2)nc(NCc2cccc(Cl)c2)n1. The van der Waals surface area contributed by atoms with E-state index in [0.29, 0.717) is 64.7 Å². The molecule has 214 valence electrons. The van der Waals surface area contributed by atoms with Gasteiger partial charge in [-0.05, 0) is 60.6 Å². The second-order valence-corrected chi connectivity index (χ2v) is 11.1. The summed E-state index contributed by atoms with van der Waals surface area (Å²) in [5, 5.41) is 11.4. The molecule has 0 bridgehead atoms. The molecule has 0 unspecified atom stereocenters. The van der Waals surface area contributed by atoms with E-state index in [0.717, 1.165) is 24.0 Å². The summed E-state index contributed by atoms with van der Waals surface area (Å²) in [6.45, 7) is 2.13. The van der Waals surface area contributed by atoms with Gasteiger partial charge in [0.25, 0.3) is 0 Å². The lowest BCUT2D eigenvalue weighted by Crippen LogP contribution is -2.41. The Balaban J connectivity index is 1.37. The van der Waals surface area contributed by atoms with Crippen LogP contribution in [0.3, 0.4) is 0 Å². The van der Waals surface area contributed by atoms with E-state index in [1.165, 1.54) is 0 Å². The van der Waals surface area contributed by atoms with Crippen molar-refractivity contribution < 1.29 is 9.53 Å². The van der Waals surface area contributed by atoms with Crippen LogP contribution in [0.15, 0.2) is 67.3 Å². The number of benzene rings is 2. The molecule has 3 N–H and O–H groups in total. The number of amides is 1. The Bertz CT molecular complexity index is 1460. The van der Waals surface area contributed by atoms with Crippen molar-refractivity contribution in [3.63, 3.8) is 0 Å². The highest BCUT2D eigenvalue weighted by molar-refractivity contribution is 6.35. The fourth-order valence-electron chi connectivity index (χ4n) is 4.64. The van der Waals surface area contributed by atoms with Gasteiger partial charge in [0.05, 0.1) is 0 Å². The predicted molar refractivity (Wildman–Crippen MR) is 162 cm³/mol. The molecule has 1 fully saturated rings. The number of hydrogen-bond acceptors (Lipinski definition) is 7. The summed E-state index contributed by atoms with van der Waals surface area (Å²) < 4.78 is 7.32. The summed E-state index contributed by atoms with van der Waals surface area (Å²) in [7, 11) is 0. The third kappa shape index (κ3) is 8.33. The minimum atomic E-state index is -0.546. The van der Waals surface area contributed by atoms with Crippen molar-refractivity contribution in [1.29, 1.82) is 0 Å². The number of carbonyl (C=O) groups excluding carboxylic acids is 1. The van der Waals surface area contributed by atoms with Crippen LogP contribution in [-0.4, -0.2) is 44.7 Å². The van der Waals surface area contributed by atoms with Crippen LogP contribution < -0.4 is 16.0 Å². The van der Waals surface area contributed by atoms with Crippen molar-refractivity contribution in [2.24, 2.45) is 5.92 Å². The fraction of sp³-hybridized carbons (Fsp3) is 0.310. The van der Waals surface area contributed by atoms with Gasteiger partial charge in [0.15, 0.2) is 0 Å². The minimum absolute atomic E-state index is 0.154. The molecule has 12 heteroatoms. The second kappa shape index (κ2) is 14.0. The number of imidazole rings is 1. The zero-order valence-electron chi connectivity index (χ0n) is 22.2. The Hall–Kier alpha value is -3.37. The molecule has 0 aliphatic carbocycles. The average molecular weight is 615 g/mol. The van der Waals surface area contributed by atoms with Gasteiger partial charge < -0.3 is 20.7 Å².